The molecular weight excluding hydrogens is 254 g/mol. The summed E-state index contributed by atoms with van der Waals surface area (Å²) in [6.07, 6.45) is 3.57. The number of carbonyl (C=O) groups is 1. The Morgan fingerprint density at radius 3 is 2.55 bits per heavy atom. The third-order valence-corrected chi connectivity index (χ3v) is 3.63. The average Bonchev–Trinajstić information content (AvgIpc) is 2.00. The second-order valence-electron chi connectivity index (χ2n) is 2.73. The van der Waals surface area contributed by atoms with Crippen LogP contribution in [0.15, 0.2) is 0 Å². The van der Waals surface area contributed by atoms with Crippen LogP contribution in [0.2, 0.25) is 6.32 Å². The minimum absolute atomic E-state index is 0.520. The molecule has 0 aromatic rings. The Morgan fingerprint density at radius 2 is 2.27 bits per heavy atom. The molecule has 4 heteroatoms. The zero-order valence-corrected chi connectivity index (χ0v) is 9.22. The van der Waals surface area contributed by atoms with E-state index >= 15 is 0 Å². The maximum Gasteiger partial charge on any atom is 0.318 e. The minimum atomic E-state index is -0.672. The van der Waals surface area contributed by atoms with Crippen LogP contribution in [0.4, 0.5) is 0 Å². The van der Waals surface area contributed by atoms with Crippen LogP contribution in [-0.2, 0) is 4.79 Å². The molecule has 0 rings (SSSR count). The number of hydrogen-bond acceptors (Lipinski definition) is 1. The molecule has 0 saturated heterocycles. The van der Waals surface area contributed by atoms with Crippen molar-refractivity contribution in [2.75, 3.05) is 0 Å². The summed E-state index contributed by atoms with van der Waals surface area (Å²) in [6, 6.07) is 0. The van der Waals surface area contributed by atoms with Gasteiger partial charge in [-0.1, -0.05) is 48.7 Å². The number of aliphatic carboxylic acids is 1. The van der Waals surface area contributed by atoms with E-state index in [4.69, 9.17) is 5.11 Å². The van der Waals surface area contributed by atoms with Gasteiger partial charge in [-0.3, -0.25) is 4.79 Å². The van der Waals surface area contributed by atoms with Crippen molar-refractivity contribution in [2.45, 2.75) is 35.9 Å². The number of carboxylic acids is 1. The molecule has 0 aromatic heterocycles. The van der Waals surface area contributed by atoms with Gasteiger partial charge in [-0.25, -0.2) is 0 Å². The molecule has 0 radical (unpaired) electrons. The van der Waals surface area contributed by atoms with Gasteiger partial charge in [0.25, 0.3) is 0 Å². The van der Waals surface area contributed by atoms with E-state index in [-0.39, 0.29) is 0 Å². The van der Waals surface area contributed by atoms with Gasteiger partial charge in [0.15, 0.2) is 0 Å². The summed E-state index contributed by atoms with van der Waals surface area (Å²) in [7, 11) is 1.93. The Labute approximate surface area is 82.3 Å². The molecule has 64 valence electrons. The minimum Gasteiger partial charge on any atom is -0.480 e. The van der Waals surface area contributed by atoms with Crippen molar-refractivity contribution >= 4 is 36.4 Å². The summed E-state index contributed by atoms with van der Waals surface area (Å²) >= 11 is 2.05. The quantitative estimate of drug-likeness (QED) is 0.466. The van der Waals surface area contributed by atoms with Crippen molar-refractivity contribution in [2.24, 2.45) is 0 Å². The second-order valence-corrected chi connectivity index (χ2v) is 4.79. The lowest BCUT2D eigenvalue weighted by molar-refractivity contribution is -0.138. The van der Waals surface area contributed by atoms with Crippen LogP contribution < -0.4 is 0 Å². The Hall–Kier alpha value is 0.265. The molecule has 0 fully saturated rings. The molecule has 0 unspecified atom stereocenters. The fourth-order valence-corrected chi connectivity index (χ4v) is 1.27. The van der Waals surface area contributed by atoms with E-state index in [2.05, 4.69) is 29.5 Å². The molecule has 0 spiro atoms. The molecular formula is C7H14BIO2. The van der Waals surface area contributed by atoms with Crippen molar-refractivity contribution < 1.29 is 9.90 Å². The van der Waals surface area contributed by atoms with Crippen molar-refractivity contribution in [3.8, 4) is 0 Å². The summed E-state index contributed by atoms with van der Waals surface area (Å²) in [5, 5.41) is 8.85. The van der Waals surface area contributed by atoms with Crippen molar-refractivity contribution in [3.05, 3.63) is 0 Å². The molecule has 11 heavy (non-hydrogen) atoms. The van der Waals surface area contributed by atoms with Crippen molar-refractivity contribution in [3.63, 3.8) is 0 Å². The summed E-state index contributed by atoms with van der Waals surface area (Å²) < 4.78 is -0.520. The highest BCUT2D eigenvalue weighted by atomic mass is 127. The van der Waals surface area contributed by atoms with Crippen molar-refractivity contribution in [1.29, 1.82) is 0 Å². The van der Waals surface area contributed by atoms with E-state index in [0.29, 0.717) is 6.32 Å². The van der Waals surface area contributed by atoms with Gasteiger partial charge in [0, 0.05) is 0 Å². The van der Waals surface area contributed by atoms with Crippen LogP contribution in [-0.4, -0.2) is 22.3 Å². The molecule has 1 N–H and O–H groups in total. The van der Waals surface area contributed by atoms with E-state index in [9.17, 15) is 4.79 Å². The van der Waals surface area contributed by atoms with Gasteiger partial charge < -0.3 is 5.11 Å². The molecule has 0 bridgehead atoms. The number of rotatable bonds is 5. The van der Waals surface area contributed by atoms with E-state index in [1.807, 2.05) is 7.85 Å². The normalized spacial score (nSPS) is 15.8. The predicted octanol–water partition coefficient (Wildman–Crippen LogP) is 1.49. The fraction of sp³-hybridized carbons (Fsp3) is 0.857. The lowest BCUT2D eigenvalue weighted by Gasteiger charge is -2.20. The lowest BCUT2D eigenvalue weighted by Crippen LogP contribution is -2.30. The fourth-order valence-electron chi connectivity index (χ4n) is 0.892. The summed E-state index contributed by atoms with van der Waals surface area (Å²) in [4.78, 5) is 10.8. The monoisotopic (exact) mass is 268 g/mol. The van der Waals surface area contributed by atoms with Gasteiger partial charge >= 0.3 is 5.97 Å². The van der Waals surface area contributed by atoms with Gasteiger partial charge in [0.2, 0.25) is 0 Å². The Balaban J connectivity index is 3.99. The highest BCUT2D eigenvalue weighted by Gasteiger charge is 2.31. The van der Waals surface area contributed by atoms with Gasteiger partial charge in [-0.2, -0.15) is 0 Å². The van der Waals surface area contributed by atoms with Gasteiger partial charge in [0.1, 0.15) is 11.3 Å². The third-order valence-electron chi connectivity index (χ3n) is 1.87. The number of unbranched alkanes of at least 4 members (excludes halogenated alkanes) is 1. The number of alkyl halides is 1. The van der Waals surface area contributed by atoms with Gasteiger partial charge in [0.05, 0.1) is 0 Å². The lowest BCUT2D eigenvalue weighted by atomic mass is 9.87. The van der Waals surface area contributed by atoms with Crippen molar-refractivity contribution in [1.82, 2.24) is 0 Å². The molecule has 0 saturated carbocycles. The summed E-state index contributed by atoms with van der Waals surface area (Å²) in [6.45, 7) is 2.08. The van der Waals surface area contributed by atoms with Gasteiger partial charge in [-0.15, -0.1) is 0 Å². The topological polar surface area (TPSA) is 37.3 Å². The molecule has 1 atom stereocenters. The standard InChI is InChI=1S/C7H14BIO2/c1-2-3-4-7(9,5-8)6(10)11/h2-5,8H2,1H3,(H,10,11)/t7-/m1/s1. The van der Waals surface area contributed by atoms with E-state index in [0.717, 1.165) is 19.3 Å². The van der Waals surface area contributed by atoms with E-state index in [1.54, 1.807) is 0 Å². The average molecular weight is 268 g/mol. The van der Waals surface area contributed by atoms with E-state index in [1.165, 1.54) is 0 Å². The first kappa shape index (κ1) is 11.3. The number of halogens is 1. The molecule has 0 aliphatic heterocycles. The highest BCUT2D eigenvalue weighted by Crippen LogP contribution is 2.29. The molecule has 0 heterocycles. The smallest absolute Gasteiger partial charge is 0.318 e. The predicted molar refractivity (Wildman–Crippen MR) is 57.3 cm³/mol. The molecule has 2 nitrogen and oxygen atoms in total. The first-order valence-corrected chi connectivity index (χ1v) is 5.07. The Kier molecular flexibility index (Phi) is 5.13. The maximum absolute atomic E-state index is 10.8. The Morgan fingerprint density at radius 1 is 1.73 bits per heavy atom. The summed E-state index contributed by atoms with van der Waals surface area (Å²) in [5.74, 6) is -0.672. The summed E-state index contributed by atoms with van der Waals surface area (Å²) in [5.41, 5.74) is 0. The van der Waals surface area contributed by atoms with Crippen LogP contribution in [0.5, 0.6) is 0 Å². The maximum atomic E-state index is 10.8. The Bertz CT molecular complexity index is 140. The number of hydrogen-bond donors (Lipinski definition) is 1. The third kappa shape index (κ3) is 3.45. The zero-order valence-electron chi connectivity index (χ0n) is 7.06. The van der Waals surface area contributed by atoms with Crippen LogP contribution in [0.25, 0.3) is 0 Å². The van der Waals surface area contributed by atoms with Gasteiger partial charge in [-0.05, 0) is 6.42 Å². The first-order chi connectivity index (χ1) is 5.06. The first-order valence-electron chi connectivity index (χ1n) is 3.99. The molecule has 0 amide bonds. The second kappa shape index (κ2) is 5.01. The molecule has 0 aromatic carbocycles. The zero-order chi connectivity index (χ0) is 8.91. The number of carboxylic acid groups (broad SMARTS) is 1. The largest absolute Gasteiger partial charge is 0.480 e. The molecule has 0 aliphatic carbocycles. The van der Waals surface area contributed by atoms with Crippen LogP contribution in [0, 0.1) is 0 Å². The van der Waals surface area contributed by atoms with Crippen LogP contribution in [0.1, 0.15) is 26.2 Å². The SMILES string of the molecule is BC[C@](I)(CCCC)C(=O)O. The highest BCUT2D eigenvalue weighted by molar-refractivity contribution is 14.1. The van der Waals surface area contributed by atoms with E-state index < -0.39 is 9.39 Å². The van der Waals surface area contributed by atoms with Crippen LogP contribution in [0.3, 0.4) is 0 Å². The van der Waals surface area contributed by atoms with Crippen LogP contribution >= 0.6 is 22.6 Å². The molecule has 0 aliphatic rings.